The SMILES string of the molecule is CC(=O)[C@H](NC(=O)C(C)C)[C@@H](OC(=O)NC(C)C(=O)NC(CCC(=O)N(C)C(=O)O)C(N)=O)[C@H](O)[C@H](O)CO. The zero-order valence-electron chi connectivity index (χ0n) is 22.2. The van der Waals surface area contributed by atoms with E-state index in [-0.39, 0.29) is 6.42 Å². The summed E-state index contributed by atoms with van der Waals surface area (Å²) in [6, 6.07) is -4.46. The molecule has 0 aliphatic rings. The van der Waals surface area contributed by atoms with Gasteiger partial charge in [0.25, 0.3) is 0 Å². The summed E-state index contributed by atoms with van der Waals surface area (Å²) in [6.07, 6.45) is -9.52. The maximum atomic E-state index is 12.5. The van der Waals surface area contributed by atoms with Crippen molar-refractivity contribution in [2.24, 2.45) is 11.7 Å². The lowest BCUT2D eigenvalue weighted by Gasteiger charge is -2.32. The summed E-state index contributed by atoms with van der Waals surface area (Å²) in [5, 5.41) is 44.8. The monoisotopic (exact) mass is 563 g/mol. The molecule has 9 N–H and O–H groups in total. The lowest BCUT2D eigenvalue weighted by molar-refractivity contribution is -0.137. The van der Waals surface area contributed by atoms with Gasteiger partial charge in [-0.25, -0.2) is 9.59 Å². The highest BCUT2D eigenvalue weighted by molar-refractivity contribution is 5.93. The standard InChI is InChI=1S/C22H37N5O12/c1-9(2)19(34)26-15(11(4)29)17(16(32)13(30)8-28)39-21(36)24-10(3)20(35)25-12(18(23)33)6-7-14(31)27(5)22(37)38/h9-10,12-13,15-17,28,30,32H,6-8H2,1-5H3,(H2,23,33)(H,24,36)(H,25,35)(H,26,34)(H,37,38)/t10?,12?,13-,15+,16-,17-/m1/s1. The van der Waals surface area contributed by atoms with Gasteiger partial charge in [0.1, 0.15) is 30.3 Å². The highest BCUT2D eigenvalue weighted by atomic mass is 16.6. The molecule has 0 heterocycles. The Morgan fingerprint density at radius 3 is 1.95 bits per heavy atom. The fourth-order valence-electron chi connectivity index (χ4n) is 2.92. The lowest BCUT2D eigenvalue weighted by atomic mass is 9.97. The van der Waals surface area contributed by atoms with Gasteiger partial charge >= 0.3 is 12.2 Å². The maximum absolute atomic E-state index is 12.5. The molecule has 0 saturated heterocycles. The van der Waals surface area contributed by atoms with Gasteiger partial charge in [-0.1, -0.05) is 13.8 Å². The minimum atomic E-state index is -2.04. The number of nitrogens with two attached hydrogens (primary N) is 1. The van der Waals surface area contributed by atoms with Crippen LogP contribution < -0.4 is 21.7 Å². The fourth-order valence-corrected chi connectivity index (χ4v) is 2.92. The van der Waals surface area contributed by atoms with Gasteiger partial charge in [-0.15, -0.1) is 0 Å². The Morgan fingerprint density at radius 1 is 0.949 bits per heavy atom. The number of rotatable bonds is 15. The number of ketones is 1. The summed E-state index contributed by atoms with van der Waals surface area (Å²) < 4.78 is 5.06. The van der Waals surface area contributed by atoms with Crippen LogP contribution in [0.3, 0.4) is 0 Å². The van der Waals surface area contributed by atoms with Crippen LogP contribution in [-0.4, -0.2) is 117 Å². The molecule has 222 valence electrons. The van der Waals surface area contributed by atoms with Gasteiger partial charge in [0.15, 0.2) is 11.9 Å². The van der Waals surface area contributed by atoms with E-state index in [9.17, 15) is 48.9 Å². The van der Waals surface area contributed by atoms with Crippen molar-refractivity contribution in [2.45, 2.75) is 77.0 Å². The summed E-state index contributed by atoms with van der Waals surface area (Å²) in [4.78, 5) is 84.1. The molecule has 39 heavy (non-hydrogen) atoms. The summed E-state index contributed by atoms with van der Waals surface area (Å²) >= 11 is 0. The smallest absolute Gasteiger partial charge is 0.413 e. The predicted molar refractivity (Wildman–Crippen MR) is 131 cm³/mol. The molecule has 0 aromatic carbocycles. The van der Waals surface area contributed by atoms with Crippen molar-refractivity contribution in [3.8, 4) is 0 Å². The topological polar surface area (TPSA) is 275 Å². The van der Waals surface area contributed by atoms with Crippen LogP contribution in [0, 0.1) is 5.92 Å². The zero-order valence-corrected chi connectivity index (χ0v) is 22.2. The van der Waals surface area contributed by atoms with E-state index in [1.54, 1.807) is 0 Å². The first-order valence-corrected chi connectivity index (χ1v) is 11.8. The first kappa shape index (κ1) is 35.2. The summed E-state index contributed by atoms with van der Waals surface area (Å²) in [5.41, 5.74) is 5.23. The number of alkyl carbamates (subject to hydrolysis) is 1. The third-order valence-electron chi connectivity index (χ3n) is 5.45. The number of hydrogen-bond acceptors (Lipinski definition) is 11. The van der Waals surface area contributed by atoms with Gasteiger partial charge in [-0.05, 0) is 20.3 Å². The number of primary amides is 1. The normalized spacial score (nSPS) is 15.5. The second-order valence-electron chi connectivity index (χ2n) is 8.97. The molecule has 6 atom stereocenters. The van der Waals surface area contributed by atoms with Crippen LogP contribution in [0.25, 0.3) is 0 Å². The number of carbonyl (C=O) groups excluding carboxylic acids is 6. The molecule has 17 heteroatoms. The average molecular weight is 564 g/mol. The number of carbonyl (C=O) groups is 7. The number of ether oxygens (including phenoxy) is 1. The van der Waals surface area contributed by atoms with Crippen molar-refractivity contribution >= 4 is 41.6 Å². The molecule has 0 aliphatic carbocycles. The molecular weight excluding hydrogens is 526 g/mol. The number of aliphatic hydroxyl groups is 3. The summed E-state index contributed by atoms with van der Waals surface area (Å²) in [7, 11) is 0.995. The molecule has 0 bridgehead atoms. The number of imide groups is 1. The van der Waals surface area contributed by atoms with Gasteiger partial charge < -0.3 is 46.8 Å². The molecule has 0 aromatic heterocycles. The number of aliphatic hydroxyl groups excluding tert-OH is 3. The number of hydrogen-bond donors (Lipinski definition) is 8. The number of amides is 6. The van der Waals surface area contributed by atoms with Crippen LogP contribution in [0.5, 0.6) is 0 Å². The first-order chi connectivity index (χ1) is 17.9. The van der Waals surface area contributed by atoms with Crippen molar-refractivity contribution in [2.75, 3.05) is 13.7 Å². The molecular formula is C22H37N5O12. The van der Waals surface area contributed by atoms with Crippen LogP contribution in [-0.2, 0) is 28.7 Å². The number of Topliss-reactive ketones (excluding diaryl/α,β-unsaturated/α-hetero) is 1. The van der Waals surface area contributed by atoms with Gasteiger partial charge in [0, 0.05) is 19.4 Å². The zero-order chi connectivity index (χ0) is 30.6. The van der Waals surface area contributed by atoms with Gasteiger partial charge in [-0.3, -0.25) is 28.9 Å². The van der Waals surface area contributed by atoms with E-state index < -0.39 is 97.0 Å². The second-order valence-corrected chi connectivity index (χ2v) is 8.97. The van der Waals surface area contributed by atoms with Crippen molar-refractivity contribution in [3.05, 3.63) is 0 Å². The third kappa shape index (κ3) is 11.6. The second kappa shape index (κ2) is 16.2. The molecule has 0 aliphatic heterocycles. The molecule has 0 aromatic rings. The number of nitrogens with zero attached hydrogens (tertiary/aromatic N) is 1. The summed E-state index contributed by atoms with van der Waals surface area (Å²) in [5.74, 6) is -4.90. The van der Waals surface area contributed by atoms with Crippen LogP contribution in [0.2, 0.25) is 0 Å². The van der Waals surface area contributed by atoms with E-state index in [0.29, 0.717) is 4.90 Å². The van der Waals surface area contributed by atoms with E-state index in [1.165, 1.54) is 13.8 Å². The van der Waals surface area contributed by atoms with Gasteiger partial charge in [0.05, 0.1) is 6.61 Å². The summed E-state index contributed by atoms with van der Waals surface area (Å²) in [6.45, 7) is 4.22. The largest absolute Gasteiger partial charge is 0.465 e. The predicted octanol–water partition coefficient (Wildman–Crippen LogP) is -3.20. The van der Waals surface area contributed by atoms with Crippen LogP contribution >= 0.6 is 0 Å². The van der Waals surface area contributed by atoms with Crippen molar-refractivity contribution in [3.63, 3.8) is 0 Å². The molecule has 0 spiro atoms. The molecule has 0 rings (SSSR count). The van der Waals surface area contributed by atoms with Gasteiger partial charge in [0.2, 0.25) is 23.6 Å². The quantitative estimate of drug-likeness (QED) is 0.0978. The fraction of sp³-hybridized carbons (Fsp3) is 0.682. The van der Waals surface area contributed by atoms with E-state index in [1.807, 2.05) is 0 Å². The molecule has 0 fully saturated rings. The Hall–Kier alpha value is -3.83. The van der Waals surface area contributed by atoms with Crippen LogP contribution in [0.15, 0.2) is 0 Å². The van der Waals surface area contributed by atoms with E-state index in [0.717, 1.165) is 20.9 Å². The molecule has 2 unspecified atom stereocenters. The Morgan fingerprint density at radius 2 is 1.51 bits per heavy atom. The van der Waals surface area contributed by atoms with E-state index in [2.05, 4.69) is 16.0 Å². The number of carboxylic acid groups (broad SMARTS) is 1. The lowest BCUT2D eigenvalue weighted by Crippen LogP contribution is -2.59. The maximum Gasteiger partial charge on any atom is 0.413 e. The highest BCUT2D eigenvalue weighted by Crippen LogP contribution is 2.13. The molecule has 0 saturated carbocycles. The van der Waals surface area contributed by atoms with Crippen molar-refractivity contribution < 1.29 is 58.7 Å². The van der Waals surface area contributed by atoms with Gasteiger partial charge in [-0.2, -0.15) is 0 Å². The van der Waals surface area contributed by atoms with Crippen LogP contribution in [0.4, 0.5) is 9.59 Å². The Balaban J connectivity index is 5.51. The molecule has 17 nitrogen and oxygen atoms in total. The number of nitrogens with one attached hydrogen (secondary N) is 3. The Labute approximate surface area is 224 Å². The van der Waals surface area contributed by atoms with E-state index >= 15 is 0 Å². The van der Waals surface area contributed by atoms with Crippen molar-refractivity contribution in [1.82, 2.24) is 20.9 Å². The Kier molecular flexibility index (Phi) is 14.6. The van der Waals surface area contributed by atoms with Crippen molar-refractivity contribution in [1.29, 1.82) is 0 Å². The molecule has 0 radical (unpaired) electrons. The Bertz CT molecular complexity index is 927. The van der Waals surface area contributed by atoms with E-state index in [4.69, 9.17) is 15.6 Å². The minimum Gasteiger partial charge on any atom is -0.465 e. The highest BCUT2D eigenvalue weighted by Gasteiger charge is 2.40. The average Bonchev–Trinajstić information content (AvgIpc) is 2.85. The first-order valence-electron chi connectivity index (χ1n) is 11.8. The minimum absolute atomic E-state index is 0.349. The van der Waals surface area contributed by atoms with Crippen LogP contribution in [0.1, 0.15) is 40.5 Å². The molecule has 6 amide bonds. The third-order valence-corrected chi connectivity index (χ3v) is 5.45.